The first-order chi connectivity index (χ1) is 15.5. The lowest BCUT2D eigenvalue weighted by Crippen LogP contribution is -2.50. The van der Waals surface area contributed by atoms with Gasteiger partial charge in [0.25, 0.3) is 0 Å². The summed E-state index contributed by atoms with van der Waals surface area (Å²) in [4.78, 5) is 31.2. The Labute approximate surface area is 195 Å². The summed E-state index contributed by atoms with van der Waals surface area (Å²) in [6, 6.07) is 15.5. The number of carbonyl (C=O) groups is 2. The van der Waals surface area contributed by atoms with E-state index in [9.17, 15) is 14.0 Å². The summed E-state index contributed by atoms with van der Waals surface area (Å²) >= 11 is 0. The Kier molecular flexibility index (Phi) is 5.97. The second kappa shape index (κ2) is 8.47. The SMILES string of the molecule is CC(C)[C@H]1CN(C(=O)OC(C)(C)C)[C@H]2C[C@@]2(c2ccc(F)cc2)C(=O)N1Cc1ccccc1. The molecule has 2 aromatic rings. The van der Waals surface area contributed by atoms with Gasteiger partial charge in [0.2, 0.25) is 5.91 Å². The van der Waals surface area contributed by atoms with E-state index in [1.807, 2.05) is 56.0 Å². The Bertz CT molecular complexity index is 1020. The lowest BCUT2D eigenvalue weighted by molar-refractivity contribution is -0.137. The number of nitrogens with zero attached hydrogens (tertiary/aromatic N) is 2. The molecule has 0 spiro atoms. The molecule has 0 aromatic heterocycles. The summed E-state index contributed by atoms with van der Waals surface area (Å²) in [6.07, 6.45) is 0.101. The number of ether oxygens (including phenoxy) is 1. The minimum atomic E-state index is -0.886. The number of hydrogen-bond acceptors (Lipinski definition) is 3. The number of carbonyl (C=O) groups excluding carboxylic acids is 2. The van der Waals surface area contributed by atoms with E-state index < -0.39 is 17.1 Å². The van der Waals surface area contributed by atoms with Gasteiger partial charge in [-0.1, -0.05) is 56.3 Å². The fourth-order valence-electron chi connectivity index (χ4n) is 4.93. The maximum Gasteiger partial charge on any atom is 0.410 e. The lowest BCUT2D eigenvalue weighted by Gasteiger charge is -2.37. The third-order valence-electron chi connectivity index (χ3n) is 6.68. The van der Waals surface area contributed by atoms with Crippen molar-refractivity contribution in [2.75, 3.05) is 6.54 Å². The molecule has 0 bridgehead atoms. The summed E-state index contributed by atoms with van der Waals surface area (Å²) in [7, 11) is 0. The number of fused-ring (bicyclic) bond motifs is 1. The molecule has 0 radical (unpaired) electrons. The maximum absolute atomic E-state index is 14.2. The molecule has 1 saturated heterocycles. The van der Waals surface area contributed by atoms with Crippen molar-refractivity contribution in [1.82, 2.24) is 9.80 Å². The van der Waals surface area contributed by atoms with Crippen LogP contribution in [-0.2, 0) is 21.5 Å². The molecule has 4 rings (SSSR count). The largest absolute Gasteiger partial charge is 0.444 e. The van der Waals surface area contributed by atoms with Crippen LogP contribution in [0.15, 0.2) is 54.6 Å². The van der Waals surface area contributed by atoms with Crippen LogP contribution in [0.4, 0.5) is 9.18 Å². The topological polar surface area (TPSA) is 49.9 Å². The van der Waals surface area contributed by atoms with Gasteiger partial charge in [0, 0.05) is 13.1 Å². The lowest BCUT2D eigenvalue weighted by atomic mass is 9.92. The molecule has 2 aromatic carbocycles. The molecule has 1 aliphatic carbocycles. The van der Waals surface area contributed by atoms with Gasteiger partial charge in [-0.15, -0.1) is 0 Å². The van der Waals surface area contributed by atoms with E-state index in [0.29, 0.717) is 19.5 Å². The Balaban J connectivity index is 1.78. The molecule has 1 heterocycles. The van der Waals surface area contributed by atoms with Gasteiger partial charge in [0.1, 0.15) is 11.4 Å². The summed E-state index contributed by atoms with van der Waals surface area (Å²) in [5, 5.41) is 0. The first-order valence-corrected chi connectivity index (χ1v) is 11.6. The highest BCUT2D eigenvalue weighted by atomic mass is 19.1. The molecule has 33 heavy (non-hydrogen) atoms. The Morgan fingerprint density at radius 2 is 1.76 bits per heavy atom. The highest BCUT2D eigenvalue weighted by Gasteiger charge is 2.68. The Hall–Kier alpha value is -2.89. The van der Waals surface area contributed by atoms with Crippen LogP contribution in [0, 0.1) is 11.7 Å². The standard InChI is InChI=1S/C27H33FN2O3/c1-18(2)22-17-30(25(32)33-26(3,4)5)23-15-27(23,20-11-13-21(28)14-12-20)24(31)29(22)16-19-9-7-6-8-10-19/h6-14,18,22-23H,15-17H2,1-5H3/t22-,23+,27+/m1/s1. The van der Waals surface area contributed by atoms with Gasteiger partial charge >= 0.3 is 6.09 Å². The zero-order chi connectivity index (χ0) is 24.0. The van der Waals surface area contributed by atoms with Crippen LogP contribution >= 0.6 is 0 Å². The minimum Gasteiger partial charge on any atom is -0.444 e. The number of amides is 2. The van der Waals surface area contributed by atoms with Gasteiger partial charge in [-0.2, -0.15) is 0 Å². The molecular formula is C27H33FN2O3. The average Bonchev–Trinajstić information content (AvgIpc) is 3.49. The normalized spacial score (nSPS) is 25.0. The maximum atomic E-state index is 14.2. The van der Waals surface area contributed by atoms with Gasteiger partial charge in [-0.25, -0.2) is 9.18 Å². The second-order valence-electron chi connectivity index (χ2n) is 10.6. The number of halogens is 1. The summed E-state index contributed by atoms with van der Waals surface area (Å²) in [5.74, 6) is -0.225. The Morgan fingerprint density at radius 1 is 1.12 bits per heavy atom. The zero-order valence-corrected chi connectivity index (χ0v) is 20.0. The van der Waals surface area contributed by atoms with E-state index in [4.69, 9.17) is 4.74 Å². The van der Waals surface area contributed by atoms with E-state index in [-0.39, 0.29) is 29.7 Å². The molecule has 3 atom stereocenters. The zero-order valence-electron chi connectivity index (χ0n) is 20.0. The highest BCUT2D eigenvalue weighted by molar-refractivity contribution is 5.95. The van der Waals surface area contributed by atoms with E-state index >= 15 is 0 Å². The molecule has 2 amide bonds. The van der Waals surface area contributed by atoms with Crippen molar-refractivity contribution in [3.63, 3.8) is 0 Å². The van der Waals surface area contributed by atoms with Crippen LogP contribution in [-0.4, -0.2) is 46.0 Å². The molecule has 2 aliphatic rings. The van der Waals surface area contributed by atoms with Crippen LogP contribution in [0.3, 0.4) is 0 Å². The van der Waals surface area contributed by atoms with Gasteiger partial charge in [0.05, 0.1) is 17.5 Å². The first kappa shape index (κ1) is 23.3. The Morgan fingerprint density at radius 3 is 2.33 bits per heavy atom. The first-order valence-electron chi connectivity index (χ1n) is 11.6. The fourth-order valence-corrected chi connectivity index (χ4v) is 4.93. The molecule has 0 unspecified atom stereocenters. The van der Waals surface area contributed by atoms with Gasteiger partial charge in [-0.3, -0.25) is 4.79 Å². The smallest absolute Gasteiger partial charge is 0.410 e. The minimum absolute atomic E-state index is 0.00674. The molecular weight excluding hydrogens is 419 g/mol. The fraction of sp³-hybridized carbons (Fsp3) is 0.481. The third kappa shape index (κ3) is 4.48. The molecule has 176 valence electrons. The average molecular weight is 453 g/mol. The van der Waals surface area contributed by atoms with Crippen molar-refractivity contribution in [2.45, 2.75) is 70.7 Å². The van der Waals surface area contributed by atoms with Crippen LogP contribution < -0.4 is 0 Å². The van der Waals surface area contributed by atoms with Crippen LogP contribution in [0.25, 0.3) is 0 Å². The predicted octanol–water partition coefficient (Wildman–Crippen LogP) is 5.14. The van der Waals surface area contributed by atoms with E-state index in [2.05, 4.69) is 13.8 Å². The molecule has 2 fully saturated rings. The van der Waals surface area contributed by atoms with Crippen LogP contribution in [0.2, 0.25) is 0 Å². The predicted molar refractivity (Wildman–Crippen MR) is 125 cm³/mol. The van der Waals surface area contributed by atoms with Gasteiger partial charge in [-0.05, 0) is 56.4 Å². The quantitative estimate of drug-likeness (QED) is 0.645. The molecule has 5 nitrogen and oxygen atoms in total. The van der Waals surface area contributed by atoms with Gasteiger partial charge < -0.3 is 14.5 Å². The van der Waals surface area contributed by atoms with Crippen molar-refractivity contribution < 1.29 is 18.7 Å². The van der Waals surface area contributed by atoms with E-state index in [1.165, 1.54) is 12.1 Å². The summed E-state index contributed by atoms with van der Waals surface area (Å²) in [6.45, 7) is 10.5. The number of benzene rings is 2. The molecule has 6 heteroatoms. The van der Waals surface area contributed by atoms with Crippen molar-refractivity contribution in [2.24, 2.45) is 5.92 Å². The van der Waals surface area contributed by atoms with E-state index in [1.54, 1.807) is 17.0 Å². The summed E-state index contributed by atoms with van der Waals surface area (Å²) < 4.78 is 19.5. The van der Waals surface area contributed by atoms with Crippen LogP contribution in [0.1, 0.15) is 52.2 Å². The molecule has 1 saturated carbocycles. The molecule has 1 aliphatic heterocycles. The van der Waals surface area contributed by atoms with Crippen molar-refractivity contribution in [3.8, 4) is 0 Å². The number of hydrogen-bond donors (Lipinski definition) is 0. The van der Waals surface area contributed by atoms with Crippen molar-refractivity contribution in [1.29, 1.82) is 0 Å². The number of rotatable bonds is 4. The van der Waals surface area contributed by atoms with Crippen molar-refractivity contribution >= 4 is 12.0 Å². The van der Waals surface area contributed by atoms with Gasteiger partial charge in [0.15, 0.2) is 0 Å². The molecule has 0 N–H and O–H groups in total. The second-order valence-corrected chi connectivity index (χ2v) is 10.6. The highest BCUT2D eigenvalue weighted by Crippen LogP contribution is 2.55. The van der Waals surface area contributed by atoms with E-state index in [0.717, 1.165) is 11.1 Å². The summed E-state index contributed by atoms with van der Waals surface area (Å²) in [5.41, 5.74) is 0.254. The van der Waals surface area contributed by atoms with Crippen LogP contribution in [0.5, 0.6) is 0 Å². The van der Waals surface area contributed by atoms with Crippen molar-refractivity contribution in [3.05, 3.63) is 71.5 Å². The monoisotopic (exact) mass is 452 g/mol. The third-order valence-corrected chi connectivity index (χ3v) is 6.68.